The molecule has 0 saturated heterocycles. The smallest absolute Gasteiger partial charge is 0.148 e. The fourth-order valence-corrected chi connectivity index (χ4v) is 4.04. The predicted octanol–water partition coefficient (Wildman–Crippen LogP) is 2.61. The van der Waals surface area contributed by atoms with Gasteiger partial charge in [0.05, 0.1) is 5.75 Å². The lowest BCUT2D eigenvalue weighted by Crippen LogP contribution is -2.43. The summed E-state index contributed by atoms with van der Waals surface area (Å²) in [6.07, 6.45) is 6.17. The first kappa shape index (κ1) is 16.0. The normalized spacial score (nSPS) is 28.1. The van der Waals surface area contributed by atoms with Crippen molar-refractivity contribution in [3.05, 3.63) is 0 Å². The van der Waals surface area contributed by atoms with Crippen LogP contribution in [0.4, 0.5) is 0 Å². The average Bonchev–Trinajstić information content (AvgIpc) is 2.13. The lowest BCUT2D eigenvalue weighted by molar-refractivity contribution is 0.158. The maximum Gasteiger partial charge on any atom is 0.148 e. The van der Waals surface area contributed by atoms with Crippen LogP contribution in [0.15, 0.2) is 0 Å². The van der Waals surface area contributed by atoms with Crippen LogP contribution in [0.5, 0.6) is 0 Å². The zero-order valence-corrected chi connectivity index (χ0v) is 13.3. The van der Waals surface area contributed by atoms with E-state index < -0.39 is 9.84 Å². The Morgan fingerprint density at radius 2 is 1.67 bits per heavy atom. The van der Waals surface area contributed by atoms with Crippen molar-refractivity contribution in [2.24, 2.45) is 11.3 Å². The van der Waals surface area contributed by atoms with Gasteiger partial charge in [-0.05, 0) is 43.9 Å². The summed E-state index contributed by atoms with van der Waals surface area (Å²) in [7, 11) is -2.87. The highest BCUT2D eigenvalue weighted by atomic mass is 32.2. The molecule has 1 atom stereocenters. The summed E-state index contributed by atoms with van der Waals surface area (Å²) < 4.78 is 22.5. The quantitative estimate of drug-likeness (QED) is 0.858. The third-order valence-corrected chi connectivity index (χ3v) is 5.13. The van der Waals surface area contributed by atoms with Crippen molar-refractivity contribution < 1.29 is 8.42 Å². The number of hydrogen-bond donors (Lipinski definition) is 1. The van der Waals surface area contributed by atoms with Gasteiger partial charge in [-0.3, -0.25) is 0 Å². The molecule has 0 radical (unpaired) electrons. The summed E-state index contributed by atoms with van der Waals surface area (Å²) in [5.41, 5.74) is 0.406. The van der Waals surface area contributed by atoms with Crippen LogP contribution in [0.1, 0.15) is 53.4 Å². The van der Waals surface area contributed by atoms with Gasteiger partial charge in [0.2, 0.25) is 0 Å². The minimum absolute atomic E-state index is 0.0659. The fourth-order valence-electron chi connectivity index (χ4n) is 3.03. The molecule has 0 aromatic carbocycles. The summed E-state index contributed by atoms with van der Waals surface area (Å²) in [4.78, 5) is 0. The molecule has 0 amide bonds. The van der Waals surface area contributed by atoms with E-state index in [0.717, 1.165) is 5.92 Å². The molecule has 0 aromatic rings. The molecule has 108 valence electrons. The van der Waals surface area contributed by atoms with Gasteiger partial charge < -0.3 is 5.32 Å². The minimum atomic E-state index is -2.87. The maximum absolute atomic E-state index is 11.2. The molecule has 4 heteroatoms. The first-order valence-corrected chi connectivity index (χ1v) is 9.08. The van der Waals surface area contributed by atoms with Crippen LogP contribution in [0.2, 0.25) is 0 Å². The Labute approximate surface area is 113 Å². The third kappa shape index (κ3) is 5.70. The molecular weight excluding hydrogens is 246 g/mol. The highest BCUT2D eigenvalue weighted by Gasteiger charge is 2.30. The molecule has 0 aliphatic heterocycles. The number of nitrogens with one attached hydrogen (secondary N) is 1. The van der Waals surface area contributed by atoms with Gasteiger partial charge >= 0.3 is 0 Å². The van der Waals surface area contributed by atoms with Crippen LogP contribution in [-0.4, -0.2) is 32.5 Å². The summed E-state index contributed by atoms with van der Waals surface area (Å²) in [5.74, 6) is 1.05. The molecule has 0 bridgehead atoms. The van der Waals surface area contributed by atoms with Crippen LogP contribution >= 0.6 is 0 Å². The number of rotatable bonds is 4. The fraction of sp³-hybridized carbons (Fsp3) is 1.00. The highest BCUT2D eigenvalue weighted by molar-refractivity contribution is 7.90. The summed E-state index contributed by atoms with van der Waals surface area (Å²) in [6.45, 7) is 8.92. The Morgan fingerprint density at radius 3 is 2.06 bits per heavy atom. The van der Waals surface area contributed by atoms with Crippen molar-refractivity contribution in [1.29, 1.82) is 0 Å². The molecule has 0 spiro atoms. The molecule has 18 heavy (non-hydrogen) atoms. The second-order valence-electron chi connectivity index (χ2n) is 7.07. The van der Waals surface area contributed by atoms with Gasteiger partial charge in [0, 0.05) is 18.3 Å². The van der Waals surface area contributed by atoms with E-state index in [1.165, 1.54) is 31.9 Å². The molecule has 1 saturated carbocycles. The Hall–Kier alpha value is -0.0900. The van der Waals surface area contributed by atoms with Crippen molar-refractivity contribution in [3.63, 3.8) is 0 Å². The van der Waals surface area contributed by atoms with E-state index in [1.807, 2.05) is 6.92 Å². The molecular formula is C14H29NO2S. The van der Waals surface area contributed by atoms with E-state index in [9.17, 15) is 8.42 Å². The van der Waals surface area contributed by atoms with Gasteiger partial charge in [0.15, 0.2) is 0 Å². The zero-order chi connectivity index (χ0) is 14.0. The van der Waals surface area contributed by atoms with E-state index in [4.69, 9.17) is 0 Å². The molecule has 1 aliphatic carbocycles. The molecule has 1 fully saturated rings. The summed E-state index contributed by atoms with van der Waals surface area (Å²) in [5, 5.41) is 3.47. The van der Waals surface area contributed by atoms with Gasteiger partial charge in [-0.1, -0.05) is 20.8 Å². The standard InChI is InChI=1S/C14H29NO2S/c1-11(10-18(5,16)17)15-13-8-6-12(7-9-13)14(2,3)4/h11-13,15H,6-10H2,1-5H3. The molecule has 1 aliphatic rings. The number of hydrogen-bond acceptors (Lipinski definition) is 3. The van der Waals surface area contributed by atoms with Crippen LogP contribution in [0, 0.1) is 11.3 Å². The Kier molecular flexibility index (Phi) is 5.24. The van der Waals surface area contributed by atoms with Crippen LogP contribution in [0.3, 0.4) is 0 Å². The van der Waals surface area contributed by atoms with E-state index in [1.54, 1.807) is 0 Å². The molecule has 0 aromatic heterocycles. The lowest BCUT2D eigenvalue weighted by Gasteiger charge is -2.38. The Balaban J connectivity index is 2.36. The second kappa shape index (κ2) is 5.91. The SMILES string of the molecule is CC(CS(C)(=O)=O)NC1CCC(C(C)(C)C)CC1. The predicted molar refractivity (Wildman–Crippen MR) is 77.5 cm³/mol. The summed E-state index contributed by atoms with van der Waals surface area (Å²) >= 11 is 0. The molecule has 0 heterocycles. The van der Waals surface area contributed by atoms with E-state index in [0.29, 0.717) is 11.5 Å². The van der Waals surface area contributed by atoms with Gasteiger partial charge in [0.25, 0.3) is 0 Å². The molecule has 1 N–H and O–H groups in total. The lowest BCUT2D eigenvalue weighted by atomic mass is 9.71. The van der Waals surface area contributed by atoms with E-state index >= 15 is 0 Å². The maximum atomic E-state index is 11.2. The first-order valence-electron chi connectivity index (χ1n) is 7.01. The molecule has 1 unspecified atom stereocenters. The van der Waals surface area contributed by atoms with E-state index in [-0.39, 0.29) is 11.8 Å². The summed E-state index contributed by atoms with van der Waals surface area (Å²) in [6, 6.07) is 0.566. The highest BCUT2D eigenvalue weighted by Crippen LogP contribution is 2.37. The van der Waals surface area contributed by atoms with Gasteiger partial charge in [-0.25, -0.2) is 8.42 Å². The van der Waals surface area contributed by atoms with Crippen LogP contribution < -0.4 is 5.32 Å². The monoisotopic (exact) mass is 275 g/mol. The molecule has 1 rings (SSSR count). The van der Waals surface area contributed by atoms with Crippen molar-refractivity contribution in [3.8, 4) is 0 Å². The second-order valence-corrected chi connectivity index (χ2v) is 9.26. The van der Waals surface area contributed by atoms with Crippen molar-refractivity contribution in [2.75, 3.05) is 12.0 Å². The Morgan fingerprint density at radius 1 is 1.17 bits per heavy atom. The zero-order valence-electron chi connectivity index (χ0n) is 12.5. The first-order chi connectivity index (χ1) is 8.08. The topological polar surface area (TPSA) is 46.2 Å². The van der Waals surface area contributed by atoms with Crippen LogP contribution in [-0.2, 0) is 9.84 Å². The minimum Gasteiger partial charge on any atom is -0.310 e. The Bertz CT molecular complexity index is 348. The van der Waals surface area contributed by atoms with Gasteiger partial charge in [-0.2, -0.15) is 0 Å². The van der Waals surface area contributed by atoms with Crippen molar-refractivity contribution in [2.45, 2.75) is 65.5 Å². The van der Waals surface area contributed by atoms with Crippen molar-refractivity contribution >= 4 is 9.84 Å². The van der Waals surface area contributed by atoms with Gasteiger partial charge in [0.1, 0.15) is 9.84 Å². The largest absolute Gasteiger partial charge is 0.310 e. The van der Waals surface area contributed by atoms with Crippen LogP contribution in [0.25, 0.3) is 0 Å². The average molecular weight is 275 g/mol. The molecule has 3 nitrogen and oxygen atoms in total. The third-order valence-electron chi connectivity index (χ3n) is 4.02. The van der Waals surface area contributed by atoms with Gasteiger partial charge in [-0.15, -0.1) is 0 Å². The van der Waals surface area contributed by atoms with E-state index in [2.05, 4.69) is 26.1 Å². The number of sulfone groups is 1. The van der Waals surface area contributed by atoms with Crippen molar-refractivity contribution in [1.82, 2.24) is 5.32 Å².